The largest absolute Gasteiger partial charge is 0.463 e. The number of allylic oxidation sites excluding steroid dienone is 1. The summed E-state index contributed by atoms with van der Waals surface area (Å²) in [5.41, 5.74) is 2.52. The lowest BCUT2D eigenvalue weighted by Gasteiger charge is -2.25. The molecule has 3 aromatic rings. The number of ether oxygens (including phenoxy) is 1. The Balaban J connectivity index is 1.84. The van der Waals surface area contributed by atoms with Crippen LogP contribution < -0.4 is 19.8 Å². The highest BCUT2D eigenvalue weighted by atomic mass is 35.5. The molecule has 0 bridgehead atoms. The predicted octanol–water partition coefficient (Wildman–Crippen LogP) is 3.35. The molecule has 2 aliphatic heterocycles. The van der Waals surface area contributed by atoms with Gasteiger partial charge in [-0.05, 0) is 31.5 Å². The minimum absolute atomic E-state index is 0.170. The quantitative estimate of drug-likeness (QED) is 0.382. The summed E-state index contributed by atoms with van der Waals surface area (Å²) in [6.07, 6.45) is 1.64. The highest BCUT2D eigenvalue weighted by Crippen LogP contribution is 2.36. The Bertz CT molecular complexity index is 1650. The number of hydrogen-bond acceptors (Lipinski definition) is 6. The van der Waals surface area contributed by atoms with E-state index in [1.807, 2.05) is 24.3 Å². The predicted molar refractivity (Wildman–Crippen MR) is 140 cm³/mol. The second kappa shape index (κ2) is 9.37. The molecule has 9 heteroatoms. The van der Waals surface area contributed by atoms with E-state index in [0.29, 0.717) is 44.5 Å². The van der Waals surface area contributed by atoms with Gasteiger partial charge in [0.25, 0.3) is 11.5 Å². The molecule has 5 rings (SSSR count). The van der Waals surface area contributed by atoms with Crippen LogP contribution in [0.4, 0.5) is 5.69 Å². The number of amides is 1. The number of rotatable bonds is 5. The first-order valence-corrected chi connectivity index (χ1v) is 12.6. The highest BCUT2D eigenvalue weighted by Gasteiger charge is 2.37. The summed E-state index contributed by atoms with van der Waals surface area (Å²) < 4.78 is 7.02. The van der Waals surface area contributed by atoms with Crippen LogP contribution in [0.2, 0.25) is 5.02 Å². The maximum atomic E-state index is 14.0. The molecule has 1 aromatic heterocycles. The van der Waals surface area contributed by atoms with Gasteiger partial charge in [-0.25, -0.2) is 9.79 Å². The van der Waals surface area contributed by atoms with Gasteiger partial charge in [-0.1, -0.05) is 65.4 Å². The molecule has 2 aliphatic rings. The van der Waals surface area contributed by atoms with Gasteiger partial charge in [0.1, 0.15) is 10.6 Å². The molecule has 0 saturated heterocycles. The molecule has 36 heavy (non-hydrogen) atoms. The van der Waals surface area contributed by atoms with E-state index in [1.54, 1.807) is 49.1 Å². The second-order valence-corrected chi connectivity index (χ2v) is 9.63. The molecule has 3 heterocycles. The first-order chi connectivity index (χ1) is 17.4. The summed E-state index contributed by atoms with van der Waals surface area (Å²) >= 11 is 7.68. The number of benzene rings is 2. The van der Waals surface area contributed by atoms with Crippen molar-refractivity contribution < 1.29 is 14.3 Å². The van der Waals surface area contributed by atoms with Crippen molar-refractivity contribution in [2.24, 2.45) is 4.99 Å². The van der Waals surface area contributed by atoms with Crippen LogP contribution in [0.5, 0.6) is 0 Å². The summed E-state index contributed by atoms with van der Waals surface area (Å²) in [7, 11) is 0. The molecule has 0 radical (unpaired) electrons. The molecule has 0 N–H and O–H groups in total. The lowest BCUT2D eigenvalue weighted by Crippen LogP contribution is -2.41. The number of fused-ring (bicyclic) bond motifs is 2. The molecule has 0 spiro atoms. The molecular formula is C27H22ClN3O4S. The molecule has 0 aliphatic carbocycles. The number of hydrogen-bond donors (Lipinski definition) is 0. The van der Waals surface area contributed by atoms with E-state index >= 15 is 0 Å². The monoisotopic (exact) mass is 519 g/mol. The number of para-hydroxylation sites is 1. The zero-order valence-electron chi connectivity index (χ0n) is 19.7. The molecular weight excluding hydrogens is 498 g/mol. The fourth-order valence-electron chi connectivity index (χ4n) is 4.64. The molecule has 1 amide bonds. The first-order valence-electron chi connectivity index (χ1n) is 11.4. The molecule has 2 aromatic carbocycles. The third-order valence-corrected chi connectivity index (χ3v) is 7.55. The fourth-order valence-corrected chi connectivity index (χ4v) is 6.02. The highest BCUT2D eigenvalue weighted by molar-refractivity contribution is 7.07. The zero-order valence-corrected chi connectivity index (χ0v) is 21.2. The van der Waals surface area contributed by atoms with Crippen LogP contribution >= 0.6 is 22.9 Å². The molecule has 7 nitrogen and oxygen atoms in total. The van der Waals surface area contributed by atoms with Crippen molar-refractivity contribution in [1.29, 1.82) is 0 Å². The molecule has 182 valence electrons. The average Bonchev–Trinajstić information content (AvgIpc) is 3.32. The Hall–Kier alpha value is -3.75. The minimum Gasteiger partial charge on any atom is -0.463 e. The van der Waals surface area contributed by atoms with Crippen molar-refractivity contribution in [3.05, 3.63) is 108 Å². The zero-order chi connectivity index (χ0) is 25.6. The molecule has 1 unspecified atom stereocenters. The third kappa shape index (κ3) is 3.65. The average molecular weight is 520 g/mol. The standard InChI is InChI=1S/C27H22ClN3O4S/c1-4-14-30-19-13-9-7-11-17(19)21(24(30)32)23-25(33)31-22(16-10-6-8-12-18(16)28)20(26(34)35-5-2)15(3)29-27(31)36-23/h4,6-13,22H,1,5,14H2,2-3H3/b23-21+. The van der Waals surface area contributed by atoms with Gasteiger partial charge < -0.3 is 9.64 Å². The van der Waals surface area contributed by atoms with Gasteiger partial charge >= 0.3 is 5.97 Å². The van der Waals surface area contributed by atoms with Gasteiger partial charge in [0.2, 0.25) is 0 Å². The topological polar surface area (TPSA) is 81.0 Å². The van der Waals surface area contributed by atoms with Crippen LogP contribution in [0.3, 0.4) is 0 Å². The number of aromatic nitrogens is 1. The number of anilines is 1. The van der Waals surface area contributed by atoms with Crippen LogP contribution in [0.1, 0.15) is 31.0 Å². The van der Waals surface area contributed by atoms with Crippen LogP contribution in [0.15, 0.2) is 82.2 Å². The van der Waals surface area contributed by atoms with Gasteiger partial charge in [0.15, 0.2) is 4.80 Å². The SMILES string of the molecule is C=CCN1C(=O)/C(=c2/sc3n(c2=O)C(c2ccccc2Cl)C(C(=O)OCC)=C(C)N=3)c2ccccc21. The summed E-state index contributed by atoms with van der Waals surface area (Å²) in [5, 5.41) is 0.400. The maximum Gasteiger partial charge on any atom is 0.338 e. The number of carbonyl (C=O) groups is 2. The first kappa shape index (κ1) is 24.0. The van der Waals surface area contributed by atoms with Gasteiger partial charge in [-0.3, -0.25) is 14.2 Å². The van der Waals surface area contributed by atoms with Crippen LogP contribution in [-0.2, 0) is 14.3 Å². The summed E-state index contributed by atoms with van der Waals surface area (Å²) in [6, 6.07) is 13.5. The van der Waals surface area contributed by atoms with Crippen LogP contribution in [-0.4, -0.2) is 29.6 Å². The lowest BCUT2D eigenvalue weighted by atomic mass is 9.96. The van der Waals surface area contributed by atoms with Crippen LogP contribution in [0.25, 0.3) is 5.57 Å². The van der Waals surface area contributed by atoms with Crippen molar-refractivity contribution in [2.75, 3.05) is 18.1 Å². The van der Waals surface area contributed by atoms with Gasteiger partial charge in [0.05, 0.1) is 29.1 Å². The fraction of sp³-hybridized carbons (Fsp3) is 0.185. The van der Waals surface area contributed by atoms with Crippen LogP contribution in [0, 0.1) is 0 Å². The number of carbonyl (C=O) groups excluding carboxylic acids is 2. The van der Waals surface area contributed by atoms with E-state index in [-0.39, 0.29) is 22.6 Å². The van der Waals surface area contributed by atoms with Crippen molar-refractivity contribution in [3.8, 4) is 0 Å². The van der Waals surface area contributed by atoms with E-state index in [0.717, 1.165) is 11.3 Å². The van der Waals surface area contributed by atoms with Gasteiger partial charge in [0, 0.05) is 17.1 Å². The van der Waals surface area contributed by atoms with Crippen molar-refractivity contribution in [2.45, 2.75) is 19.9 Å². The van der Waals surface area contributed by atoms with Crippen molar-refractivity contribution >= 4 is 46.1 Å². The smallest absolute Gasteiger partial charge is 0.338 e. The van der Waals surface area contributed by atoms with E-state index in [9.17, 15) is 14.4 Å². The minimum atomic E-state index is -0.848. The Kier molecular flexibility index (Phi) is 6.24. The van der Waals surface area contributed by atoms with Gasteiger partial charge in [-0.2, -0.15) is 0 Å². The Morgan fingerprint density at radius 3 is 2.64 bits per heavy atom. The number of esters is 1. The number of halogens is 1. The summed E-state index contributed by atoms with van der Waals surface area (Å²) in [4.78, 5) is 47.2. The van der Waals surface area contributed by atoms with E-state index in [1.165, 1.54) is 4.57 Å². The number of nitrogens with zero attached hydrogens (tertiary/aromatic N) is 3. The Morgan fingerprint density at radius 2 is 1.92 bits per heavy atom. The molecule has 1 atom stereocenters. The third-order valence-electron chi connectivity index (χ3n) is 6.15. The number of thiazole rings is 1. The van der Waals surface area contributed by atoms with E-state index in [4.69, 9.17) is 16.3 Å². The molecule has 0 fully saturated rings. The Labute approximate surface area is 215 Å². The summed E-state index contributed by atoms with van der Waals surface area (Å²) in [6.45, 7) is 7.66. The van der Waals surface area contributed by atoms with Crippen molar-refractivity contribution in [3.63, 3.8) is 0 Å². The van der Waals surface area contributed by atoms with E-state index in [2.05, 4.69) is 11.6 Å². The Morgan fingerprint density at radius 1 is 1.19 bits per heavy atom. The van der Waals surface area contributed by atoms with E-state index < -0.39 is 17.6 Å². The second-order valence-electron chi connectivity index (χ2n) is 8.24. The lowest BCUT2D eigenvalue weighted by molar-refractivity contribution is -0.139. The van der Waals surface area contributed by atoms with Gasteiger partial charge in [-0.15, -0.1) is 6.58 Å². The van der Waals surface area contributed by atoms with Crippen molar-refractivity contribution in [1.82, 2.24) is 4.57 Å². The molecule has 0 saturated carbocycles. The normalized spacial score (nSPS) is 18.0. The summed E-state index contributed by atoms with van der Waals surface area (Å²) in [5.74, 6) is -0.849. The maximum absolute atomic E-state index is 14.0.